The van der Waals surface area contributed by atoms with Crippen LogP contribution in [0.2, 0.25) is 0 Å². The largest absolute Gasteiger partial charge is 0.378 e. The van der Waals surface area contributed by atoms with Crippen LogP contribution in [0.25, 0.3) is 6.08 Å². The molecule has 1 fully saturated rings. The van der Waals surface area contributed by atoms with Crippen LogP contribution in [0.3, 0.4) is 0 Å². The van der Waals surface area contributed by atoms with E-state index in [4.69, 9.17) is 4.74 Å². The maximum Gasteiger partial charge on any atom is 0.270 e. The van der Waals surface area contributed by atoms with Crippen LogP contribution in [-0.4, -0.2) is 37.0 Å². The Hall–Kier alpha value is -3.50. The minimum atomic E-state index is -0.573. The lowest BCUT2D eigenvalue weighted by Gasteiger charge is -2.28. The average molecular weight is 363 g/mol. The van der Waals surface area contributed by atoms with E-state index in [0.717, 1.165) is 18.8 Å². The molecule has 0 atom stereocenters. The van der Waals surface area contributed by atoms with Gasteiger partial charge >= 0.3 is 0 Å². The number of ketones is 1. The molecule has 1 aliphatic rings. The number of benzene rings is 2. The van der Waals surface area contributed by atoms with E-state index in [1.807, 2.05) is 30.3 Å². The van der Waals surface area contributed by atoms with E-state index in [1.165, 1.54) is 30.3 Å². The third-order valence-electron chi connectivity index (χ3n) is 4.26. The summed E-state index contributed by atoms with van der Waals surface area (Å²) in [4.78, 5) is 25.0. The predicted molar refractivity (Wildman–Crippen MR) is 100 cm³/mol. The predicted octanol–water partition coefficient (Wildman–Crippen LogP) is 3.22. The maximum atomic E-state index is 12.5. The highest BCUT2D eigenvalue weighted by Gasteiger charge is 2.16. The molecule has 2 aromatic rings. The summed E-state index contributed by atoms with van der Waals surface area (Å²) in [6, 6.07) is 14.8. The first-order chi connectivity index (χ1) is 13.1. The summed E-state index contributed by atoms with van der Waals surface area (Å²) in [5, 5.41) is 20.2. The molecule has 1 aliphatic heterocycles. The number of carbonyl (C=O) groups is 1. The topological polar surface area (TPSA) is 96.5 Å². The number of rotatable bonds is 5. The van der Waals surface area contributed by atoms with Gasteiger partial charge in [0.2, 0.25) is 5.78 Å². The molecule has 3 rings (SSSR count). The highest BCUT2D eigenvalue weighted by molar-refractivity contribution is 6.14. The van der Waals surface area contributed by atoms with Gasteiger partial charge in [0.15, 0.2) is 0 Å². The molecule has 0 aliphatic carbocycles. The second-order valence-corrected chi connectivity index (χ2v) is 6.00. The van der Waals surface area contributed by atoms with Crippen molar-refractivity contribution >= 4 is 23.2 Å². The van der Waals surface area contributed by atoms with Crippen molar-refractivity contribution in [1.29, 1.82) is 5.26 Å². The number of nitro benzene ring substituents is 1. The summed E-state index contributed by atoms with van der Waals surface area (Å²) >= 11 is 0. The monoisotopic (exact) mass is 363 g/mol. The average Bonchev–Trinajstić information content (AvgIpc) is 2.72. The van der Waals surface area contributed by atoms with E-state index in [0.29, 0.717) is 18.8 Å². The zero-order chi connectivity index (χ0) is 19.2. The molecule has 7 nitrogen and oxygen atoms in total. The van der Waals surface area contributed by atoms with E-state index in [1.54, 1.807) is 0 Å². The second-order valence-electron chi connectivity index (χ2n) is 6.00. The second kappa shape index (κ2) is 8.25. The van der Waals surface area contributed by atoms with Gasteiger partial charge in [0.1, 0.15) is 11.6 Å². The van der Waals surface area contributed by atoms with E-state index in [9.17, 15) is 20.2 Å². The van der Waals surface area contributed by atoms with Gasteiger partial charge in [-0.05, 0) is 23.8 Å². The molecule has 27 heavy (non-hydrogen) atoms. The molecular weight excluding hydrogens is 346 g/mol. The number of hydrogen-bond donors (Lipinski definition) is 0. The number of carbonyl (C=O) groups excluding carboxylic acids is 1. The van der Waals surface area contributed by atoms with Gasteiger partial charge < -0.3 is 9.64 Å². The van der Waals surface area contributed by atoms with Crippen LogP contribution in [0, 0.1) is 21.4 Å². The van der Waals surface area contributed by atoms with Gasteiger partial charge in [0.25, 0.3) is 5.69 Å². The van der Waals surface area contributed by atoms with Crippen LogP contribution in [0.4, 0.5) is 11.4 Å². The quantitative estimate of drug-likeness (QED) is 0.266. The highest BCUT2D eigenvalue weighted by atomic mass is 16.6. The van der Waals surface area contributed by atoms with Crippen molar-refractivity contribution in [3.8, 4) is 6.07 Å². The normalized spacial score (nSPS) is 14.5. The summed E-state index contributed by atoms with van der Waals surface area (Å²) in [5.74, 6) is -0.543. The number of morpholine rings is 1. The molecule has 0 radical (unpaired) electrons. The van der Waals surface area contributed by atoms with Crippen molar-refractivity contribution in [3.05, 3.63) is 75.3 Å². The fraction of sp³-hybridized carbons (Fsp3) is 0.200. The molecule has 0 spiro atoms. The minimum absolute atomic E-state index is 0.0744. The molecule has 1 saturated heterocycles. The van der Waals surface area contributed by atoms with E-state index < -0.39 is 10.7 Å². The van der Waals surface area contributed by atoms with Crippen molar-refractivity contribution < 1.29 is 14.5 Å². The Morgan fingerprint density at radius 3 is 2.52 bits per heavy atom. The molecule has 2 aromatic carbocycles. The Balaban J connectivity index is 1.81. The van der Waals surface area contributed by atoms with Gasteiger partial charge in [-0.25, -0.2) is 0 Å². The third-order valence-corrected chi connectivity index (χ3v) is 4.26. The van der Waals surface area contributed by atoms with Gasteiger partial charge in [-0.2, -0.15) is 5.26 Å². The maximum absolute atomic E-state index is 12.5. The Morgan fingerprint density at radius 2 is 1.89 bits per heavy atom. The fourth-order valence-electron chi connectivity index (χ4n) is 2.83. The first kappa shape index (κ1) is 18.3. The third kappa shape index (κ3) is 4.37. The molecule has 0 saturated carbocycles. The minimum Gasteiger partial charge on any atom is -0.378 e. The number of nitrogens with zero attached hydrogens (tertiary/aromatic N) is 3. The Bertz CT molecular complexity index is 923. The number of anilines is 1. The molecule has 0 amide bonds. The van der Waals surface area contributed by atoms with Gasteiger partial charge in [-0.15, -0.1) is 0 Å². The van der Waals surface area contributed by atoms with Gasteiger partial charge in [-0.1, -0.05) is 24.3 Å². The van der Waals surface area contributed by atoms with Crippen LogP contribution in [-0.2, 0) is 4.74 Å². The standard InChI is InChI=1S/C20H17N3O4/c21-14-17(20(24)16-2-1-3-19(13-16)23(25)26)12-15-4-6-18(7-5-15)22-8-10-27-11-9-22/h1-7,12-13H,8-11H2. The number of nitro groups is 1. The molecule has 136 valence electrons. The van der Waals surface area contributed by atoms with E-state index in [2.05, 4.69) is 4.90 Å². The van der Waals surface area contributed by atoms with Crippen molar-refractivity contribution in [1.82, 2.24) is 0 Å². The Morgan fingerprint density at radius 1 is 1.19 bits per heavy atom. The van der Waals surface area contributed by atoms with Crippen LogP contribution in [0.5, 0.6) is 0 Å². The molecule has 0 bridgehead atoms. The van der Waals surface area contributed by atoms with E-state index in [-0.39, 0.29) is 16.8 Å². The van der Waals surface area contributed by atoms with Crippen molar-refractivity contribution in [2.45, 2.75) is 0 Å². The smallest absolute Gasteiger partial charge is 0.270 e. The van der Waals surface area contributed by atoms with Crippen LogP contribution < -0.4 is 4.90 Å². The summed E-state index contributed by atoms with van der Waals surface area (Å²) in [7, 11) is 0. The summed E-state index contributed by atoms with van der Waals surface area (Å²) in [6.07, 6.45) is 1.49. The Labute approximate surface area is 156 Å². The molecular formula is C20H17N3O4. The molecule has 0 aromatic heterocycles. The number of hydrogen-bond acceptors (Lipinski definition) is 6. The first-order valence-corrected chi connectivity index (χ1v) is 8.42. The lowest BCUT2D eigenvalue weighted by atomic mass is 10.0. The Kier molecular flexibility index (Phi) is 5.59. The van der Waals surface area contributed by atoms with Crippen molar-refractivity contribution in [2.24, 2.45) is 0 Å². The molecule has 7 heteroatoms. The number of non-ortho nitro benzene ring substituents is 1. The first-order valence-electron chi connectivity index (χ1n) is 8.42. The summed E-state index contributed by atoms with van der Waals surface area (Å²) in [5.41, 5.74) is 1.62. The van der Waals surface area contributed by atoms with Crippen molar-refractivity contribution in [2.75, 3.05) is 31.2 Å². The highest BCUT2D eigenvalue weighted by Crippen LogP contribution is 2.20. The lowest BCUT2D eigenvalue weighted by Crippen LogP contribution is -2.36. The summed E-state index contributed by atoms with van der Waals surface area (Å²) in [6.45, 7) is 3.03. The van der Waals surface area contributed by atoms with Crippen molar-refractivity contribution in [3.63, 3.8) is 0 Å². The van der Waals surface area contributed by atoms with Gasteiger partial charge in [0, 0.05) is 36.5 Å². The lowest BCUT2D eigenvalue weighted by molar-refractivity contribution is -0.384. The molecule has 0 N–H and O–H groups in total. The van der Waals surface area contributed by atoms with Gasteiger partial charge in [0.05, 0.1) is 18.1 Å². The van der Waals surface area contributed by atoms with Crippen LogP contribution in [0.15, 0.2) is 54.1 Å². The molecule has 0 unspecified atom stereocenters. The molecule has 1 heterocycles. The van der Waals surface area contributed by atoms with Gasteiger partial charge in [-0.3, -0.25) is 14.9 Å². The number of Topliss-reactive ketones (excluding diaryl/α,β-unsaturated/α-hetero) is 1. The number of ether oxygens (including phenoxy) is 1. The fourth-order valence-corrected chi connectivity index (χ4v) is 2.83. The van der Waals surface area contributed by atoms with Crippen LogP contribution >= 0.6 is 0 Å². The zero-order valence-electron chi connectivity index (χ0n) is 14.5. The number of nitriles is 1. The zero-order valence-corrected chi connectivity index (χ0v) is 14.5. The number of allylic oxidation sites excluding steroid dienone is 1. The van der Waals surface area contributed by atoms with Crippen LogP contribution in [0.1, 0.15) is 15.9 Å². The SMILES string of the molecule is N#CC(=Cc1ccc(N2CCOCC2)cc1)C(=O)c1cccc([N+](=O)[O-])c1. The summed E-state index contributed by atoms with van der Waals surface area (Å²) < 4.78 is 5.34. The van der Waals surface area contributed by atoms with E-state index >= 15 is 0 Å².